The zero-order chi connectivity index (χ0) is 99.6. The number of rotatable bonds is 30. The monoisotopic (exact) mass is 1900 g/mol. The molecule has 0 unspecified atom stereocenters. The maximum atomic E-state index is 14.0. The first-order chi connectivity index (χ1) is 63.2. The molecule has 22 heteroatoms. The summed E-state index contributed by atoms with van der Waals surface area (Å²) in [5.41, 5.74) is -3.00. The molecule has 135 heavy (non-hydrogen) atoms. The predicted octanol–water partition coefficient (Wildman–Crippen LogP) is 23.5. The number of esters is 6. The van der Waals surface area contributed by atoms with Gasteiger partial charge in [0, 0.05) is 99.0 Å². The summed E-state index contributed by atoms with van der Waals surface area (Å²) in [6.07, 6.45) is 42.4. The van der Waals surface area contributed by atoms with Gasteiger partial charge < -0.3 is 59.3 Å². The van der Waals surface area contributed by atoms with Gasteiger partial charge in [-0.2, -0.15) is 0 Å². The molecule has 1 amide bonds. The van der Waals surface area contributed by atoms with E-state index in [1.807, 2.05) is 69.2 Å². The second-order valence-corrected chi connectivity index (χ2v) is 50.4. The van der Waals surface area contributed by atoms with E-state index in [-0.39, 0.29) is 129 Å². The number of fused-ring (bicyclic) bond motifs is 5. The normalized spacial score (nSPS) is 27.8. The molecule has 8 atom stereocenters. The van der Waals surface area contributed by atoms with Crippen molar-refractivity contribution in [2.45, 2.75) is 481 Å². The van der Waals surface area contributed by atoms with Crippen molar-refractivity contribution < 1.29 is 81.1 Å². The Kier molecular flexibility index (Phi) is 44.6. The van der Waals surface area contributed by atoms with Gasteiger partial charge in [0.15, 0.2) is 0 Å². The molecule has 776 valence electrons. The molecule has 5 saturated heterocycles. The summed E-state index contributed by atoms with van der Waals surface area (Å²) < 4.78 is 40.4. The van der Waals surface area contributed by atoms with Crippen molar-refractivity contribution in [1.82, 2.24) is 26.2 Å². The van der Waals surface area contributed by atoms with Gasteiger partial charge in [-0.25, -0.2) is 4.79 Å². The van der Waals surface area contributed by atoms with Gasteiger partial charge in [-0.3, -0.25) is 43.2 Å². The minimum atomic E-state index is -0.524. The number of hydrogen-bond donors (Lipinski definition) is 4. The topological polar surface area (TPSA) is 287 Å². The van der Waals surface area contributed by atoms with Crippen LogP contribution in [0.15, 0.2) is 0 Å². The minimum absolute atomic E-state index is 0.0513. The highest BCUT2D eigenvalue weighted by atomic mass is 16.6. The lowest BCUT2D eigenvalue weighted by Gasteiger charge is -2.58. The van der Waals surface area contributed by atoms with Crippen molar-refractivity contribution in [2.24, 2.45) is 111 Å². The third-order valence-electron chi connectivity index (χ3n) is 35.0. The molecule has 4 N–H and O–H groups in total. The number of piperidine rings is 5. The molecule has 0 spiro atoms. The first kappa shape index (κ1) is 115. The standard InChI is InChI=1S/C32H49NO5.C31H57NO6.C19H35NO2.C16H29NO2.C15H27NO2/c1-19(6-9-28(37)38-30(2,3)20-11-14-33-15-12-20)23-7-8-24-29-25(18-27(36)32(23,24)5)31(4)13-10-22(34)16-21(31)17-26(29)35;1-29(2,3)36-26(33)19-17-15-13-11-9-10-12-14-16-18-20-27(34)37-31(7,8)25-21-23-32(24-22-25)28(35)38-30(4,5)6;1-18(2,3)15-8-6-14(7-9-15)17(21)22-19(4,5)16-10-12-20-13-11-16;1-12-4-6-13(7-5-12)15(18)19-16(2,3)14-8-10-17-11-9-14;1-15(2,13-8-10-16-11-9-13)18-14(17)12-6-4-3-5-7-12/h19-21,23-25,29,33H,6-18H2,1-5H3;25H,9-24H2,1-8H3;14-16,20H,6-13H2,1-5H3;12-14,17H,4-11H2,1-3H3;12-13,16H,3-11H2,1-2H3/t19-,21+,23-,24+,25+,29+,31+,32-;;;;/m1..../s1. The van der Waals surface area contributed by atoms with Crippen LogP contribution >= 0.6 is 0 Å². The number of ether oxygens (including phenoxy) is 7. The molecule has 0 aromatic carbocycles. The van der Waals surface area contributed by atoms with Crippen molar-refractivity contribution in [3.8, 4) is 0 Å². The molecular formula is C113H197N5O17. The van der Waals surface area contributed by atoms with E-state index in [2.05, 4.69) is 111 Å². The van der Waals surface area contributed by atoms with Crippen LogP contribution in [0.4, 0.5) is 4.79 Å². The van der Waals surface area contributed by atoms with E-state index in [9.17, 15) is 47.9 Å². The van der Waals surface area contributed by atoms with Crippen LogP contribution in [0.1, 0.15) is 442 Å². The SMILES string of the molecule is CC(C)(C)C1CCC(C(=O)OC(C)(C)C2CCNCC2)CC1.CC(C)(C)OC(=O)CCCCCCCCCCCCC(=O)OC(C)(C)C1CCN(C(=O)OC(C)(C)C)CC1.CC(C)(OC(=O)C1CCCCC1)C1CCNCC1.CC1CCC(C(=O)OC(C)(C)C2CCNCC2)CC1.C[C@H](CCC(=O)OC(C)(C)C1CCNCC1)[C@H]1CC[C@H]2[C@@H]3C(=O)C[C@@H]4CC(=O)CC[C@]4(C)[C@H]3CC(=O)[C@]12C. The van der Waals surface area contributed by atoms with Gasteiger partial charge in [-0.1, -0.05) is 119 Å². The number of likely N-dealkylation sites (tertiary alicyclic amines) is 1. The van der Waals surface area contributed by atoms with Crippen molar-refractivity contribution in [2.75, 3.05) is 65.4 Å². The fourth-order valence-electron chi connectivity index (χ4n) is 25.6. The van der Waals surface area contributed by atoms with Crippen LogP contribution < -0.4 is 21.3 Å². The molecular weight excluding hydrogens is 1700 g/mol. The molecule has 0 bridgehead atoms. The lowest BCUT2D eigenvalue weighted by atomic mass is 9.44. The molecule has 0 aromatic heterocycles. The number of nitrogens with one attached hydrogen (secondary N) is 4. The van der Waals surface area contributed by atoms with E-state index in [1.165, 1.54) is 64.2 Å². The van der Waals surface area contributed by atoms with Crippen molar-refractivity contribution >= 4 is 59.3 Å². The Hall–Kier alpha value is -5.06. The van der Waals surface area contributed by atoms with Gasteiger partial charge in [-0.05, 0) is 382 Å². The van der Waals surface area contributed by atoms with Crippen LogP contribution in [0, 0.1) is 111 Å². The number of carbonyl (C=O) groups excluding carboxylic acids is 10. The van der Waals surface area contributed by atoms with E-state index in [1.54, 1.807) is 4.90 Å². The summed E-state index contributed by atoms with van der Waals surface area (Å²) in [7, 11) is 0. The number of amides is 1. The van der Waals surface area contributed by atoms with Crippen LogP contribution in [0.2, 0.25) is 0 Å². The fourth-order valence-corrected chi connectivity index (χ4v) is 25.6. The molecule has 0 aromatic rings. The first-order valence-corrected chi connectivity index (χ1v) is 55.0. The number of unbranched alkanes of at least 4 members (excludes halogenated alkanes) is 9. The fraction of sp³-hybridized carbons (Fsp3) is 0.912. The Morgan fingerprint density at radius 2 is 0.741 bits per heavy atom. The summed E-state index contributed by atoms with van der Waals surface area (Å²) in [6, 6.07) is 0. The van der Waals surface area contributed by atoms with E-state index >= 15 is 0 Å². The lowest BCUT2D eigenvalue weighted by Crippen LogP contribution is -2.60. The summed E-state index contributed by atoms with van der Waals surface area (Å²) in [6.45, 7) is 57.3. The predicted molar refractivity (Wildman–Crippen MR) is 537 cm³/mol. The lowest BCUT2D eigenvalue weighted by molar-refractivity contribution is -0.170. The number of Topliss-reactive ketones (excluding diaryl/α,β-unsaturated/α-hetero) is 3. The molecule has 12 fully saturated rings. The van der Waals surface area contributed by atoms with E-state index in [4.69, 9.17) is 33.2 Å². The third kappa shape index (κ3) is 35.8. The Labute approximate surface area is 819 Å². The Morgan fingerprint density at radius 3 is 1.14 bits per heavy atom. The van der Waals surface area contributed by atoms with Crippen LogP contribution in [0.25, 0.3) is 0 Å². The van der Waals surface area contributed by atoms with Crippen LogP contribution in [0.3, 0.4) is 0 Å². The molecule has 5 heterocycles. The molecule has 0 radical (unpaired) electrons. The van der Waals surface area contributed by atoms with Gasteiger partial charge in [0.2, 0.25) is 0 Å². The Morgan fingerprint density at radius 1 is 0.378 bits per heavy atom. The van der Waals surface area contributed by atoms with Crippen molar-refractivity contribution in [1.29, 1.82) is 0 Å². The summed E-state index contributed by atoms with van der Waals surface area (Å²) >= 11 is 0. The van der Waals surface area contributed by atoms with Gasteiger partial charge in [0.1, 0.15) is 56.6 Å². The smallest absolute Gasteiger partial charge is 0.410 e. The van der Waals surface area contributed by atoms with E-state index in [0.717, 1.165) is 231 Å². The van der Waals surface area contributed by atoms with Crippen LogP contribution in [0.5, 0.6) is 0 Å². The number of nitrogens with zero attached hydrogens (tertiary/aromatic N) is 1. The molecule has 22 nitrogen and oxygen atoms in total. The van der Waals surface area contributed by atoms with Gasteiger partial charge in [-0.15, -0.1) is 0 Å². The van der Waals surface area contributed by atoms with Gasteiger partial charge >= 0.3 is 41.9 Å². The summed E-state index contributed by atoms with van der Waals surface area (Å²) in [4.78, 5) is 128. The average Bonchev–Trinajstić information content (AvgIpc) is 1.63. The first-order valence-electron chi connectivity index (χ1n) is 55.0. The van der Waals surface area contributed by atoms with Crippen LogP contribution in [-0.2, 0) is 76.3 Å². The molecule has 12 rings (SSSR count). The average molecular weight is 1900 g/mol. The molecule has 7 aliphatic carbocycles. The molecule has 5 aliphatic heterocycles. The number of ketones is 3. The molecule has 7 saturated carbocycles. The van der Waals surface area contributed by atoms with E-state index < -0.39 is 27.8 Å². The largest absolute Gasteiger partial charge is 0.460 e. The quantitative estimate of drug-likeness (QED) is 0.0295. The van der Waals surface area contributed by atoms with Gasteiger partial charge in [0.25, 0.3) is 0 Å². The van der Waals surface area contributed by atoms with Crippen molar-refractivity contribution in [3.05, 3.63) is 0 Å². The van der Waals surface area contributed by atoms with Crippen molar-refractivity contribution in [3.63, 3.8) is 0 Å². The Balaban J connectivity index is 0.000000215. The highest BCUT2D eigenvalue weighted by molar-refractivity contribution is 5.93. The number of hydrogen-bond acceptors (Lipinski definition) is 21. The molecule has 12 aliphatic rings. The van der Waals surface area contributed by atoms with Gasteiger partial charge in [0.05, 0.1) is 17.8 Å². The summed E-state index contributed by atoms with van der Waals surface area (Å²) in [5, 5.41) is 13.5. The highest BCUT2D eigenvalue weighted by Crippen LogP contribution is 2.67. The third-order valence-corrected chi connectivity index (χ3v) is 35.0. The maximum Gasteiger partial charge on any atom is 0.410 e. The zero-order valence-corrected chi connectivity index (χ0v) is 89.8. The zero-order valence-electron chi connectivity index (χ0n) is 89.8. The maximum absolute atomic E-state index is 14.0. The van der Waals surface area contributed by atoms with E-state index in [0.29, 0.717) is 105 Å². The highest BCUT2D eigenvalue weighted by Gasteiger charge is 2.66. The Bertz CT molecular complexity index is 3680. The number of carbonyl (C=O) groups is 10. The van der Waals surface area contributed by atoms with Crippen LogP contribution in [-0.4, -0.2) is 169 Å². The second-order valence-electron chi connectivity index (χ2n) is 50.4. The minimum Gasteiger partial charge on any atom is -0.460 e. The second kappa shape index (κ2) is 52.3. The summed E-state index contributed by atoms with van der Waals surface area (Å²) in [5.74, 6) is 5.41.